The molecule has 1 aromatic heterocycles. The summed E-state index contributed by atoms with van der Waals surface area (Å²) in [7, 11) is 0. The van der Waals surface area contributed by atoms with Crippen LogP contribution in [0.5, 0.6) is 0 Å². The van der Waals surface area contributed by atoms with Gasteiger partial charge in [0.1, 0.15) is 17.4 Å². The lowest BCUT2D eigenvalue weighted by atomic mass is 10.1. The van der Waals surface area contributed by atoms with Crippen molar-refractivity contribution in [1.29, 1.82) is 0 Å². The van der Waals surface area contributed by atoms with E-state index in [-0.39, 0.29) is 24.2 Å². The topological polar surface area (TPSA) is 121 Å². The van der Waals surface area contributed by atoms with Crippen molar-refractivity contribution in [2.75, 3.05) is 31.5 Å². The first-order chi connectivity index (χ1) is 15.9. The molecule has 0 spiro atoms. The van der Waals surface area contributed by atoms with E-state index in [2.05, 4.69) is 10.6 Å². The Bertz CT molecular complexity index is 1070. The number of anilines is 1. The molecule has 176 valence electrons. The molecule has 4 rings (SSSR count). The fourth-order valence-corrected chi connectivity index (χ4v) is 4.43. The van der Waals surface area contributed by atoms with Crippen molar-refractivity contribution in [3.63, 3.8) is 0 Å². The van der Waals surface area contributed by atoms with E-state index in [1.54, 1.807) is 21.9 Å². The first kappa shape index (κ1) is 22.6. The van der Waals surface area contributed by atoms with Crippen LogP contribution in [0.15, 0.2) is 40.7 Å². The molecule has 2 N–H and O–H groups in total. The van der Waals surface area contributed by atoms with Gasteiger partial charge in [0.2, 0.25) is 11.8 Å². The number of hydrogen-bond acceptors (Lipinski definition) is 7. The minimum Gasteiger partial charge on any atom is -0.461 e. The number of carbonyl (C=O) groups is 2. The zero-order chi connectivity index (χ0) is 23.4. The lowest BCUT2D eigenvalue weighted by Crippen LogP contribution is -2.49. The van der Waals surface area contributed by atoms with Crippen LogP contribution < -0.4 is 10.6 Å². The standard InChI is InChI=1S/C23H29N5O5/c1-16-12-17-13-18(7-8-20(17)33-16)24-21(14-28(31)32)25-19-6-2-3-11-27(23(19)30)15-22(29)26-9-4-5-10-26/h7-8,12-14,19,24-25H,2-6,9-11,15H2,1H3/b21-14-/t19-/m0/s1. The number of rotatable bonds is 7. The minimum absolute atomic E-state index is 0.0376. The van der Waals surface area contributed by atoms with E-state index in [1.165, 1.54) is 0 Å². The second-order valence-corrected chi connectivity index (χ2v) is 8.60. The molecule has 0 bridgehead atoms. The summed E-state index contributed by atoms with van der Waals surface area (Å²) in [5, 5.41) is 18.2. The van der Waals surface area contributed by atoms with Crippen molar-refractivity contribution < 1.29 is 18.9 Å². The monoisotopic (exact) mass is 455 g/mol. The molecule has 0 unspecified atom stereocenters. The van der Waals surface area contributed by atoms with Crippen molar-refractivity contribution in [2.24, 2.45) is 0 Å². The van der Waals surface area contributed by atoms with Gasteiger partial charge in [-0.15, -0.1) is 0 Å². The van der Waals surface area contributed by atoms with Crippen molar-refractivity contribution in [3.8, 4) is 0 Å². The molecule has 2 saturated heterocycles. The van der Waals surface area contributed by atoms with Crippen LogP contribution in [0.25, 0.3) is 11.0 Å². The maximum Gasteiger partial charge on any atom is 0.274 e. The highest BCUT2D eigenvalue weighted by Crippen LogP contribution is 2.23. The quantitative estimate of drug-likeness (QED) is 0.486. The number of hydrogen-bond donors (Lipinski definition) is 2. The first-order valence-electron chi connectivity index (χ1n) is 11.3. The number of nitrogens with one attached hydrogen (secondary N) is 2. The molecule has 0 aliphatic carbocycles. The Hall–Kier alpha value is -3.56. The zero-order valence-corrected chi connectivity index (χ0v) is 18.7. The van der Waals surface area contributed by atoms with Gasteiger partial charge in [-0.05, 0) is 63.3 Å². The van der Waals surface area contributed by atoms with Gasteiger partial charge in [-0.3, -0.25) is 19.7 Å². The summed E-state index contributed by atoms with van der Waals surface area (Å²) in [4.78, 5) is 39.9. The van der Waals surface area contributed by atoms with Gasteiger partial charge in [0.25, 0.3) is 6.20 Å². The van der Waals surface area contributed by atoms with Crippen LogP contribution in [0.2, 0.25) is 0 Å². The summed E-state index contributed by atoms with van der Waals surface area (Å²) in [5.74, 6) is 0.640. The van der Waals surface area contributed by atoms with Crippen LogP contribution in [0.4, 0.5) is 5.69 Å². The smallest absolute Gasteiger partial charge is 0.274 e. The molecular weight excluding hydrogens is 426 g/mol. The number of fused-ring (bicyclic) bond motifs is 1. The largest absolute Gasteiger partial charge is 0.461 e. The molecule has 33 heavy (non-hydrogen) atoms. The van der Waals surface area contributed by atoms with E-state index in [9.17, 15) is 19.7 Å². The molecule has 3 heterocycles. The lowest BCUT2D eigenvalue weighted by Gasteiger charge is -2.27. The van der Waals surface area contributed by atoms with Crippen molar-refractivity contribution in [3.05, 3.63) is 52.2 Å². The van der Waals surface area contributed by atoms with Crippen molar-refractivity contribution >= 4 is 28.5 Å². The van der Waals surface area contributed by atoms with Crippen molar-refractivity contribution in [1.82, 2.24) is 15.1 Å². The predicted octanol–water partition coefficient (Wildman–Crippen LogP) is 2.82. The summed E-state index contributed by atoms with van der Waals surface area (Å²) in [6, 6.07) is 6.61. The van der Waals surface area contributed by atoms with E-state index >= 15 is 0 Å². The SMILES string of the molecule is Cc1cc2cc(N/C(=C/[N+](=O)[O-])N[C@H]3CCCCN(CC(=O)N4CCCC4)C3=O)ccc2o1. The summed E-state index contributed by atoms with van der Waals surface area (Å²) >= 11 is 0. The van der Waals surface area contributed by atoms with Gasteiger partial charge in [0, 0.05) is 30.7 Å². The lowest BCUT2D eigenvalue weighted by molar-refractivity contribution is -0.403. The molecule has 10 nitrogen and oxygen atoms in total. The Labute approximate surface area is 191 Å². The third-order valence-electron chi connectivity index (χ3n) is 6.05. The summed E-state index contributed by atoms with van der Waals surface area (Å²) < 4.78 is 5.57. The van der Waals surface area contributed by atoms with Crippen LogP contribution in [-0.4, -0.2) is 58.8 Å². The van der Waals surface area contributed by atoms with Crippen LogP contribution in [0, 0.1) is 17.0 Å². The number of nitrogens with zero attached hydrogens (tertiary/aromatic N) is 3. The van der Waals surface area contributed by atoms with Gasteiger partial charge < -0.3 is 24.9 Å². The van der Waals surface area contributed by atoms with E-state index in [4.69, 9.17) is 4.42 Å². The van der Waals surface area contributed by atoms with Crippen LogP contribution in [-0.2, 0) is 9.59 Å². The van der Waals surface area contributed by atoms with Gasteiger partial charge in [-0.1, -0.05) is 0 Å². The molecule has 0 radical (unpaired) electrons. The molecule has 1 atom stereocenters. The highest BCUT2D eigenvalue weighted by Gasteiger charge is 2.30. The predicted molar refractivity (Wildman–Crippen MR) is 123 cm³/mol. The van der Waals surface area contributed by atoms with Gasteiger partial charge in [0.15, 0.2) is 5.82 Å². The molecular formula is C23H29N5O5. The summed E-state index contributed by atoms with van der Waals surface area (Å²) in [6.45, 7) is 3.89. The van der Waals surface area contributed by atoms with E-state index in [1.807, 2.05) is 19.1 Å². The molecule has 2 aliphatic heterocycles. The molecule has 2 amide bonds. The highest BCUT2D eigenvalue weighted by atomic mass is 16.6. The molecule has 2 aromatic rings. The van der Waals surface area contributed by atoms with Gasteiger partial charge in [-0.2, -0.15) is 0 Å². The third-order valence-corrected chi connectivity index (χ3v) is 6.05. The Balaban J connectivity index is 1.47. The first-order valence-corrected chi connectivity index (χ1v) is 11.3. The number of carbonyl (C=O) groups excluding carboxylic acids is 2. The maximum atomic E-state index is 13.2. The number of furan rings is 1. The fourth-order valence-electron chi connectivity index (χ4n) is 4.43. The number of aryl methyl sites for hydroxylation is 1. The minimum atomic E-state index is -0.655. The number of benzene rings is 1. The van der Waals surface area contributed by atoms with Gasteiger partial charge in [-0.25, -0.2) is 0 Å². The van der Waals surface area contributed by atoms with Gasteiger partial charge >= 0.3 is 0 Å². The number of likely N-dealkylation sites (tertiary alicyclic amines) is 2. The Morgan fingerprint density at radius 1 is 1.21 bits per heavy atom. The second-order valence-electron chi connectivity index (χ2n) is 8.60. The molecule has 2 fully saturated rings. The molecule has 0 saturated carbocycles. The Kier molecular flexibility index (Phi) is 6.81. The summed E-state index contributed by atoms with van der Waals surface area (Å²) in [5.41, 5.74) is 1.36. The van der Waals surface area contributed by atoms with Crippen LogP contribution >= 0.6 is 0 Å². The molecule has 10 heteroatoms. The normalized spacial score (nSPS) is 19.6. The molecule has 2 aliphatic rings. The average molecular weight is 456 g/mol. The van der Waals surface area contributed by atoms with E-state index < -0.39 is 11.0 Å². The van der Waals surface area contributed by atoms with Gasteiger partial charge in [0.05, 0.1) is 11.5 Å². The highest BCUT2D eigenvalue weighted by molar-refractivity contribution is 5.88. The van der Waals surface area contributed by atoms with E-state index in [0.29, 0.717) is 18.7 Å². The Morgan fingerprint density at radius 2 is 1.97 bits per heavy atom. The Morgan fingerprint density at radius 3 is 2.73 bits per heavy atom. The summed E-state index contributed by atoms with van der Waals surface area (Å²) in [6.07, 6.45) is 4.91. The van der Waals surface area contributed by atoms with Crippen LogP contribution in [0.1, 0.15) is 37.9 Å². The third kappa shape index (κ3) is 5.63. The molecule has 1 aromatic carbocycles. The number of nitro groups is 1. The maximum absolute atomic E-state index is 13.2. The second kappa shape index (κ2) is 9.93. The average Bonchev–Trinajstić information content (AvgIpc) is 3.39. The number of amides is 2. The van der Waals surface area contributed by atoms with Crippen molar-refractivity contribution in [2.45, 2.75) is 45.1 Å². The van der Waals surface area contributed by atoms with E-state index in [0.717, 1.165) is 61.7 Å². The fraction of sp³-hybridized carbons (Fsp3) is 0.478. The van der Waals surface area contributed by atoms with Crippen LogP contribution in [0.3, 0.4) is 0 Å². The zero-order valence-electron chi connectivity index (χ0n) is 18.7.